The van der Waals surface area contributed by atoms with E-state index in [1.807, 2.05) is 0 Å². The summed E-state index contributed by atoms with van der Waals surface area (Å²) in [6, 6.07) is 0.784. The highest BCUT2D eigenvalue weighted by atomic mass is 32.2. The van der Waals surface area contributed by atoms with Crippen molar-refractivity contribution in [3.05, 3.63) is 0 Å². The van der Waals surface area contributed by atoms with Crippen molar-refractivity contribution >= 4 is 11.8 Å². The van der Waals surface area contributed by atoms with Crippen LogP contribution in [0.2, 0.25) is 0 Å². The van der Waals surface area contributed by atoms with Gasteiger partial charge in [0, 0.05) is 17.3 Å². The summed E-state index contributed by atoms with van der Waals surface area (Å²) in [5, 5.41) is 3.93. The highest BCUT2D eigenvalue weighted by Gasteiger charge is 2.33. The molecule has 2 rings (SSSR count). The monoisotopic (exact) mass is 269 g/mol. The Morgan fingerprint density at radius 2 is 1.83 bits per heavy atom. The summed E-state index contributed by atoms with van der Waals surface area (Å²) in [5.74, 6) is 1.82. The van der Waals surface area contributed by atoms with Crippen LogP contribution in [0.15, 0.2) is 0 Å². The van der Waals surface area contributed by atoms with E-state index in [1.165, 1.54) is 57.9 Å². The molecule has 1 nitrogen and oxygen atoms in total. The Balaban J connectivity index is 1.82. The van der Waals surface area contributed by atoms with Gasteiger partial charge in [0.25, 0.3) is 0 Å². The van der Waals surface area contributed by atoms with E-state index in [0.717, 1.165) is 17.9 Å². The van der Waals surface area contributed by atoms with E-state index in [0.29, 0.717) is 4.75 Å². The number of nitrogens with one attached hydrogen (secondary N) is 1. The van der Waals surface area contributed by atoms with E-state index in [9.17, 15) is 0 Å². The molecule has 0 spiro atoms. The topological polar surface area (TPSA) is 12.0 Å². The molecule has 0 aromatic heterocycles. The minimum Gasteiger partial charge on any atom is -0.312 e. The molecular weight excluding hydrogens is 238 g/mol. The Labute approximate surface area is 118 Å². The number of thioether (sulfide) groups is 1. The quantitative estimate of drug-likeness (QED) is 0.808. The lowest BCUT2D eigenvalue weighted by molar-refractivity contribution is 0.218. The molecule has 0 saturated heterocycles. The van der Waals surface area contributed by atoms with Gasteiger partial charge in [-0.25, -0.2) is 0 Å². The lowest BCUT2D eigenvalue weighted by Gasteiger charge is -2.40. The van der Waals surface area contributed by atoms with E-state index in [4.69, 9.17) is 0 Å². The van der Waals surface area contributed by atoms with Crippen molar-refractivity contribution in [1.29, 1.82) is 0 Å². The van der Waals surface area contributed by atoms with Gasteiger partial charge in [0.1, 0.15) is 0 Å². The summed E-state index contributed by atoms with van der Waals surface area (Å²) >= 11 is 2.12. The van der Waals surface area contributed by atoms with E-state index in [-0.39, 0.29) is 0 Å². The van der Waals surface area contributed by atoms with Gasteiger partial charge in [0.2, 0.25) is 0 Å². The second-order valence-electron chi connectivity index (χ2n) is 6.83. The molecule has 0 amide bonds. The predicted molar refractivity (Wildman–Crippen MR) is 83.3 cm³/mol. The van der Waals surface area contributed by atoms with Gasteiger partial charge in [-0.1, -0.05) is 33.1 Å². The third-order valence-corrected chi connectivity index (χ3v) is 6.73. The van der Waals surface area contributed by atoms with E-state index < -0.39 is 0 Å². The highest BCUT2D eigenvalue weighted by Crippen LogP contribution is 2.38. The van der Waals surface area contributed by atoms with E-state index >= 15 is 0 Å². The second-order valence-corrected chi connectivity index (χ2v) is 8.10. The van der Waals surface area contributed by atoms with Crippen molar-refractivity contribution in [2.24, 2.45) is 11.8 Å². The molecule has 1 N–H and O–H groups in total. The van der Waals surface area contributed by atoms with Gasteiger partial charge in [-0.2, -0.15) is 11.8 Å². The molecule has 3 unspecified atom stereocenters. The average Bonchev–Trinajstić information content (AvgIpc) is 2.39. The Morgan fingerprint density at radius 1 is 1.11 bits per heavy atom. The molecule has 0 heterocycles. The zero-order valence-corrected chi connectivity index (χ0v) is 13.3. The van der Waals surface area contributed by atoms with Crippen LogP contribution in [0, 0.1) is 11.8 Å². The van der Waals surface area contributed by atoms with Crippen molar-refractivity contribution in [2.75, 3.05) is 12.8 Å². The molecule has 2 aliphatic carbocycles. The normalized spacial score (nSPS) is 36.5. The van der Waals surface area contributed by atoms with Gasteiger partial charge in [-0.15, -0.1) is 0 Å². The maximum atomic E-state index is 3.93. The minimum absolute atomic E-state index is 0.557. The number of hydrogen-bond donors (Lipinski definition) is 1. The summed E-state index contributed by atoms with van der Waals surface area (Å²) < 4.78 is 0.557. The lowest BCUT2D eigenvalue weighted by Crippen LogP contribution is -2.47. The molecule has 2 fully saturated rings. The predicted octanol–water partition coefficient (Wildman–Crippen LogP) is 4.47. The van der Waals surface area contributed by atoms with Crippen LogP contribution in [0.1, 0.15) is 65.2 Å². The first kappa shape index (κ1) is 14.7. The molecule has 0 aromatic rings. The first-order valence-electron chi connectivity index (χ1n) is 7.94. The second kappa shape index (κ2) is 6.65. The van der Waals surface area contributed by atoms with Gasteiger partial charge >= 0.3 is 0 Å². The first-order valence-corrected chi connectivity index (χ1v) is 9.16. The van der Waals surface area contributed by atoms with Gasteiger partial charge in [0.05, 0.1) is 0 Å². The fraction of sp³-hybridized carbons (Fsp3) is 1.00. The van der Waals surface area contributed by atoms with Crippen LogP contribution in [-0.2, 0) is 0 Å². The van der Waals surface area contributed by atoms with Crippen molar-refractivity contribution in [1.82, 2.24) is 5.32 Å². The van der Waals surface area contributed by atoms with Gasteiger partial charge in [-0.05, 0) is 50.2 Å². The van der Waals surface area contributed by atoms with Crippen LogP contribution < -0.4 is 5.32 Å². The summed E-state index contributed by atoms with van der Waals surface area (Å²) in [6.07, 6.45) is 13.8. The summed E-state index contributed by atoms with van der Waals surface area (Å²) in [6.45, 7) is 6.11. The third-order valence-electron chi connectivity index (χ3n) is 5.32. The molecule has 106 valence electrons. The molecule has 2 saturated carbocycles. The minimum atomic E-state index is 0.557. The number of rotatable bonds is 4. The maximum Gasteiger partial charge on any atom is 0.0281 e. The molecular formula is C16H31NS. The molecule has 0 aromatic carbocycles. The Hall–Kier alpha value is 0.310. The average molecular weight is 269 g/mol. The van der Waals surface area contributed by atoms with Crippen molar-refractivity contribution in [3.8, 4) is 0 Å². The largest absolute Gasteiger partial charge is 0.312 e. The summed E-state index contributed by atoms with van der Waals surface area (Å²) in [7, 11) is 0. The van der Waals surface area contributed by atoms with Gasteiger partial charge in [0.15, 0.2) is 0 Å². The number of hydrogen-bond acceptors (Lipinski definition) is 2. The summed E-state index contributed by atoms with van der Waals surface area (Å²) in [5.41, 5.74) is 0. The molecule has 0 bridgehead atoms. The lowest BCUT2D eigenvalue weighted by atomic mass is 9.79. The van der Waals surface area contributed by atoms with Crippen LogP contribution in [0.4, 0.5) is 0 Å². The van der Waals surface area contributed by atoms with Crippen LogP contribution >= 0.6 is 11.8 Å². The van der Waals surface area contributed by atoms with Crippen molar-refractivity contribution in [2.45, 2.75) is 76.0 Å². The third kappa shape index (κ3) is 3.66. The van der Waals surface area contributed by atoms with Crippen LogP contribution in [-0.4, -0.2) is 23.6 Å². The molecule has 2 heteroatoms. The SMILES string of the molecule is CSC1(CNC2CCC(C)CC2C)CCCCC1. The smallest absolute Gasteiger partial charge is 0.0281 e. The molecule has 2 aliphatic rings. The zero-order chi connectivity index (χ0) is 13.0. The fourth-order valence-electron chi connectivity index (χ4n) is 3.93. The van der Waals surface area contributed by atoms with Crippen molar-refractivity contribution < 1.29 is 0 Å². The summed E-state index contributed by atoms with van der Waals surface area (Å²) in [4.78, 5) is 0. The van der Waals surface area contributed by atoms with Gasteiger partial charge in [-0.3, -0.25) is 0 Å². The molecule has 18 heavy (non-hydrogen) atoms. The van der Waals surface area contributed by atoms with Crippen LogP contribution in [0.5, 0.6) is 0 Å². The van der Waals surface area contributed by atoms with Crippen LogP contribution in [0.3, 0.4) is 0 Å². The van der Waals surface area contributed by atoms with Crippen molar-refractivity contribution in [3.63, 3.8) is 0 Å². The van der Waals surface area contributed by atoms with E-state index in [1.54, 1.807) is 0 Å². The highest BCUT2D eigenvalue weighted by molar-refractivity contribution is 8.00. The standard InChI is InChI=1S/C16H31NS/c1-13-7-8-15(14(2)11-13)17-12-16(18-3)9-5-4-6-10-16/h13-15,17H,4-12H2,1-3H3. The molecule has 0 radical (unpaired) electrons. The Bertz CT molecular complexity index is 247. The van der Waals surface area contributed by atoms with Gasteiger partial charge < -0.3 is 5.32 Å². The van der Waals surface area contributed by atoms with Crippen LogP contribution in [0.25, 0.3) is 0 Å². The Kier molecular flexibility index (Phi) is 5.44. The fourth-order valence-corrected chi connectivity index (χ4v) is 4.86. The Morgan fingerprint density at radius 3 is 2.44 bits per heavy atom. The maximum absolute atomic E-state index is 3.93. The first-order chi connectivity index (χ1) is 8.65. The van der Waals surface area contributed by atoms with E-state index in [2.05, 4.69) is 37.2 Å². The zero-order valence-electron chi connectivity index (χ0n) is 12.5. The molecule has 0 aliphatic heterocycles. The molecule has 3 atom stereocenters.